The average molecular weight is 432 g/mol. The molecule has 2 aromatic heterocycles. The molecule has 7 heteroatoms. The summed E-state index contributed by atoms with van der Waals surface area (Å²) in [6.07, 6.45) is 1.64. The van der Waals surface area contributed by atoms with Gasteiger partial charge in [-0.1, -0.05) is 36.4 Å². The second-order valence-corrected chi connectivity index (χ2v) is 8.63. The molecule has 3 heterocycles. The van der Waals surface area contributed by atoms with Crippen LogP contribution in [0.5, 0.6) is 0 Å². The first kappa shape index (κ1) is 18.7. The summed E-state index contributed by atoms with van der Waals surface area (Å²) in [5.74, 6) is -0.402. The molecular weight excluding hydrogens is 414 g/mol. The lowest BCUT2D eigenvalue weighted by Gasteiger charge is -2.27. The summed E-state index contributed by atoms with van der Waals surface area (Å²) in [5.41, 5.74) is 4.57. The van der Waals surface area contributed by atoms with Gasteiger partial charge in [-0.3, -0.25) is 14.9 Å². The van der Waals surface area contributed by atoms with E-state index in [0.29, 0.717) is 17.2 Å². The Morgan fingerprint density at radius 3 is 2.67 bits per heavy atom. The third kappa shape index (κ3) is 3.42. The van der Waals surface area contributed by atoms with Crippen LogP contribution >= 0.6 is 22.7 Å². The maximum atomic E-state index is 13.3. The van der Waals surface area contributed by atoms with Crippen molar-refractivity contribution in [3.63, 3.8) is 0 Å². The molecule has 0 fully saturated rings. The minimum absolute atomic E-state index is 0.134. The summed E-state index contributed by atoms with van der Waals surface area (Å²) in [7, 11) is 0. The lowest BCUT2D eigenvalue weighted by atomic mass is 10.0. The van der Waals surface area contributed by atoms with Crippen molar-refractivity contribution in [1.82, 2.24) is 9.88 Å². The lowest BCUT2D eigenvalue weighted by Crippen LogP contribution is -2.37. The maximum Gasteiger partial charge on any atom is 0.255 e. The van der Waals surface area contributed by atoms with E-state index in [0.717, 1.165) is 22.3 Å². The SMILES string of the molecule is O=C(Nc1nccs1)[C@@H](c1ccccc1)N1Cc2cc(-c3ccsc3)ccc2C1=O. The van der Waals surface area contributed by atoms with Crippen LogP contribution < -0.4 is 5.32 Å². The van der Waals surface area contributed by atoms with Crippen molar-refractivity contribution >= 4 is 39.6 Å². The Bertz CT molecular complexity index is 1190. The van der Waals surface area contributed by atoms with Crippen LogP contribution in [-0.2, 0) is 11.3 Å². The predicted octanol–water partition coefficient (Wildman–Crippen LogP) is 5.21. The van der Waals surface area contributed by atoms with Gasteiger partial charge >= 0.3 is 0 Å². The summed E-state index contributed by atoms with van der Waals surface area (Å²) in [4.78, 5) is 32.2. The molecule has 0 spiro atoms. The van der Waals surface area contributed by atoms with E-state index >= 15 is 0 Å². The molecule has 0 aliphatic carbocycles. The summed E-state index contributed by atoms with van der Waals surface area (Å²) >= 11 is 2.99. The summed E-state index contributed by atoms with van der Waals surface area (Å²) in [6, 6.07) is 16.6. The van der Waals surface area contributed by atoms with E-state index in [1.807, 2.05) is 47.8 Å². The number of nitrogens with zero attached hydrogens (tertiary/aromatic N) is 2. The van der Waals surface area contributed by atoms with Gasteiger partial charge in [0.1, 0.15) is 6.04 Å². The fourth-order valence-corrected chi connectivity index (χ4v) is 4.92. The van der Waals surface area contributed by atoms with Gasteiger partial charge in [-0.25, -0.2) is 4.98 Å². The van der Waals surface area contributed by atoms with Crippen molar-refractivity contribution in [3.8, 4) is 11.1 Å². The Morgan fingerprint density at radius 2 is 1.93 bits per heavy atom. The van der Waals surface area contributed by atoms with Crippen LogP contribution in [0.1, 0.15) is 27.5 Å². The molecular formula is C23H17N3O2S2. The predicted molar refractivity (Wildman–Crippen MR) is 120 cm³/mol. The highest BCUT2D eigenvalue weighted by Crippen LogP contribution is 2.35. The van der Waals surface area contributed by atoms with Gasteiger partial charge in [0.15, 0.2) is 5.13 Å². The van der Waals surface area contributed by atoms with E-state index in [1.54, 1.807) is 27.8 Å². The van der Waals surface area contributed by atoms with Gasteiger partial charge in [0.2, 0.25) is 0 Å². The van der Waals surface area contributed by atoms with Gasteiger partial charge in [-0.05, 0) is 51.2 Å². The number of thiazole rings is 1. The molecule has 4 aromatic rings. The Labute approximate surface area is 181 Å². The first-order valence-corrected chi connectivity index (χ1v) is 11.2. The van der Waals surface area contributed by atoms with E-state index in [1.165, 1.54) is 11.3 Å². The van der Waals surface area contributed by atoms with Crippen molar-refractivity contribution in [3.05, 3.63) is 93.6 Å². The molecule has 30 heavy (non-hydrogen) atoms. The highest BCUT2D eigenvalue weighted by Gasteiger charge is 2.37. The Hall–Kier alpha value is -3.29. The largest absolute Gasteiger partial charge is 0.318 e. The van der Waals surface area contributed by atoms with Gasteiger partial charge in [0, 0.05) is 23.7 Å². The monoisotopic (exact) mass is 431 g/mol. The molecule has 5 nitrogen and oxygen atoms in total. The zero-order chi connectivity index (χ0) is 20.5. The number of anilines is 1. The molecule has 1 atom stereocenters. The van der Waals surface area contributed by atoms with Crippen molar-refractivity contribution in [1.29, 1.82) is 0 Å². The first-order chi connectivity index (χ1) is 14.7. The molecule has 0 bridgehead atoms. The van der Waals surface area contributed by atoms with Crippen molar-refractivity contribution in [2.24, 2.45) is 0 Å². The molecule has 0 unspecified atom stereocenters. The number of aromatic nitrogens is 1. The minimum atomic E-state index is -0.736. The molecule has 5 rings (SSSR count). The highest BCUT2D eigenvalue weighted by atomic mass is 32.1. The number of hydrogen-bond acceptors (Lipinski definition) is 5. The molecule has 0 saturated carbocycles. The van der Waals surface area contributed by atoms with Crippen LogP contribution in [-0.4, -0.2) is 21.7 Å². The standard InChI is InChI=1S/C23H17N3O2S2/c27-21(25-23-24-9-11-30-23)20(15-4-2-1-3-5-15)26-13-18-12-16(17-8-10-29-14-17)6-7-19(18)22(26)28/h1-12,14,20H,13H2,(H,24,25,27)/t20-/m1/s1. The number of carbonyl (C=O) groups is 2. The van der Waals surface area contributed by atoms with Crippen LogP contribution in [0.15, 0.2) is 76.9 Å². The Balaban J connectivity index is 1.49. The fourth-order valence-electron chi connectivity index (χ4n) is 3.73. The van der Waals surface area contributed by atoms with E-state index in [-0.39, 0.29) is 11.8 Å². The number of fused-ring (bicyclic) bond motifs is 1. The van der Waals surface area contributed by atoms with Crippen molar-refractivity contribution in [2.45, 2.75) is 12.6 Å². The minimum Gasteiger partial charge on any atom is -0.318 e. The number of thiophene rings is 1. The van der Waals surface area contributed by atoms with Crippen LogP contribution in [0.2, 0.25) is 0 Å². The smallest absolute Gasteiger partial charge is 0.255 e. The number of nitrogens with one attached hydrogen (secondary N) is 1. The maximum absolute atomic E-state index is 13.3. The molecule has 1 N–H and O–H groups in total. The summed E-state index contributed by atoms with van der Waals surface area (Å²) in [6.45, 7) is 0.386. The summed E-state index contributed by atoms with van der Waals surface area (Å²) < 4.78 is 0. The topological polar surface area (TPSA) is 62.3 Å². The van der Waals surface area contributed by atoms with Gasteiger partial charge in [0.05, 0.1) is 0 Å². The number of carbonyl (C=O) groups excluding carboxylic acids is 2. The highest BCUT2D eigenvalue weighted by molar-refractivity contribution is 7.13. The van der Waals surface area contributed by atoms with Gasteiger partial charge in [-0.15, -0.1) is 11.3 Å². The third-order valence-corrected chi connectivity index (χ3v) is 6.50. The normalized spacial score (nSPS) is 13.9. The van der Waals surface area contributed by atoms with Crippen LogP contribution in [0.25, 0.3) is 11.1 Å². The van der Waals surface area contributed by atoms with Gasteiger partial charge in [0.25, 0.3) is 11.8 Å². The third-order valence-electron chi connectivity index (χ3n) is 5.13. The Kier molecular flexibility index (Phi) is 4.90. The van der Waals surface area contributed by atoms with E-state index in [2.05, 4.69) is 27.8 Å². The Morgan fingerprint density at radius 1 is 1.07 bits per heavy atom. The summed E-state index contributed by atoms with van der Waals surface area (Å²) in [5, 5.41) is 9.30. The second kappa shape index (κ2) is 7.85. The lowest BCUT2D eigenvalue weighted by molar-refractivity contribution is -0.120. The molecule has 0 saturated heterocycles. The van der Waals surface area contributed by atoms with Crippen molar-refractivity contribution in [2.75, 3.05) is 5.32 Å². The number of amides is 2. The van der Waals surface area contributed by atoms with E-state index in [9.17, 15) is 9.59 Å². The van der Waals surface area contributed by atoms with E-state index in [4.69, 9.17) is 0 Å². The van der Waals surface area contributed by atoms with Crippen LogP contribution in [0.3, 0.4) is 0 Å². The number of hydrogen-bond donors (Lipinski definition) is 1. The number of benzene rings is 2. The fraction of sp³-hybridized carbons (Fsp3) is 0.0870. The average Bonchev–Trinajstić information content (AvgIpc) is 3.52. The zero-order valence-corrected chi connectivity index (χ0v) is 17.5. The van der Waals surface area contributed by atoms with E-state index < -0.39 is 6.04 Å². The molecule has 1 aliphatic heterocycles. The molecule has 0 radical (unpaired) electrons. The number of rotatable bonds is 5. The van der Waals surface area contributed by atoms with Crippen LogP contribution in [0.4, 0.5) is 5.13 Å². The second-order valence-electron chi connectivity index (χ2n) is 6.96. The quantitative estimate of drug-likeness (QED) is 0.472. The van der Waals surface area contributed by atoms with Crippen molar-refractivity contribution < 1.29 is 9.59 Å². The van der Waals surface area contributed by atoms with Gasteiger partial charge < -0.3 is 4.90 Å². The van der Waals surface area contributed by atoms with Crippen LogP contribution in [0, 0.1) is 0 Å². The zero-order valence-electron chi connectivity index (χ0n) is 15.8. The van der Waals surface area contributed by atoms with Gasteiger partial charge in [-0.2, -0.15) is 11.3 Å². The molecule has 2 aromatic carbocycles. The molecule has 148 valence electrons. The molecule has 2 amide bonds. The molecule has 1 aliphatic rings. The first-order valence-electron chi connectivity index (χ1n) is 9.42.